The van der Waals surface area contributed by atoms with E-state index >= 15 is 0 Å². The maximum absolute atomic E-state index is 12.6. The van der Waals surface area contributed by atoms with Gasteiger partial charge in [-0.05, 0) is 68.6 Å². The van der Waals surface area contributed by atoms with E-state index in [9.17, 15) is 4.79 Å². The molecular weight excluding hydrogens is 628 g/mol. The van der Waals surface area contributed by atoms with Crippen LogP contribution in [0, 0.1) is 0 Å². The average molecular weight is 664 g/mol. The molecule has 0 unspecified atom stereocenters. The van der Waals surface area contributed by atoms with Crippen molar-refractivity contribution < 1.29 is 4.79 Å². The monoisotopic (exact) mass is 661 g/mol. The van der Waals surface area contributed by atoms with Crippen molar-refractivity contribution in [3.63, 3.8) is 0 Å². The number of nitrogens with one attached hydrogen (secondary N) is 3. The molecule has 3 heterocycles. The van der Waals surface area contributed by atoms with Crippen molar-refractivity contribution in [2.24, 2.45) is 0 Å². The van der Waals surface area contributed by atoms with Gasteiger partial charge in [0.1, 0.15) is 0 Å². The van der Waals surface area contributed by atoms with Gasteiger partial charge in [-0.2, -0.15) is 0 Å². The van der Waals surface area contributed by atoms with Crippen LogP contribution in [-0.4, -0.2) is 59.8 Å². The summed E-state index contributed by atoms with van der Waals surface area (Å²) in [5, 5.41) is 13.5. The number of carbonyl (C=O) groups is 1. The number of likely N-dealkylation sites (tertiary alicyclic amines) is 1. The summed E-state index contributed by atoms with van der Waals surface area (Å²) in [6.45, 7) is 4.87. The van der Waals surface area contributed by atoms with Gasteiger partial charge in [0, 0.05) is 48.3 Å². The Morgan fingerprint density at radius 2 is 1.80 bits per heavy atom. The molecule has 0 radical (unpaired) electrons. The van der Waals surface area contributed by atoms with Gasteiger partial charge in [-0.3, -0.25) is 9.69 Å². The van der Waals surface area contributed by atoms with Crippen molar-refractivity contribution in [3.8, 4) is 11.3 Å². The summed E-state index contributed by atoms with van der Waals surface area (Å²) in [7, 11) is 0. The summed E-state index contributed by atoms with van der Waals surface area (Å²) in [4.78, 5) is 19.8. The lowest BCUT2D eigenvalue weighted by molar-refractivity contribution is -0.119. The van der Waals surface area contributed by atoms with Crippen LogP contribution in [0.25, 0.3) is 11.3 Å². The van der Waals surface area contributed by atoms with E-state index in [1.807, 2.05) is 18.2 Å². The van der Waals surface area contributed by atoms with E-state index < -0.39 is 0 Å². The van der Waals surface area contributed by atoms with E-state index in [0.29, 0.717) is 21.8 Å². The van der Waals surface area contributed by atoms with Crippen LogP contribution in [0.1, 0.15) is 31.2 Å². The molecule has 2 aliphatic rings. The number of aromatic nitrogens is 1. The van der Waals surface area contributed by atoms with Gasteiger partial charge in [0.05, 0.1) is 21.5 Å². The number of rotatable bonds is 9. The van der Waals surface area contributed by atoms with Crippen LogP contribution < -0.4 is 16.0 Å². The number of amides is 1. The SMILES string of the molecule is Cl.Cl.O=C(CSc1nc(-c2cccc(NC3CCNCC3)c2)cs1)NC1CCN(Cc2ccc(Cl)c(Cl)c2)CC1. The first-order chi connectivity index (χ1) is 18.5. The second kappa shape index (κ2) is 16.4. The molecule has 2 aromatic carbocycles. The molecule has 0 saturated carbocycles. The van der Waals surface area contributed by atoms with Crippen molar-refractivity contribution in [1.82, 2.24) is 20.5 Å². The molecule has 0 spiro atoms. The standard InChI is InChI=1S/C28H33Cl2N5OS2.2ClH/c29-24-5-4-19(14-25(24)30)16-35-12-8-22(9-13-35)33-27(36)18-38-28-34-26(17-37-28)20-2-1-3-23(15-20)32-21-6-10-31-11-7-21;;/h1-5,14-15,17,21-22,31-32H,6-13,16,18H2,(H,33,36);2*1H. The topological polar surface area (TPSA) is 69.3 Å². The maximum atomic E-state index is 12.6. The summed E-state index contributed by atoms with van der Waals surface area (Å²) in [5.41, 5.74) is 4.36. The number of benzene rings is 2. The Morgan fingerprint density at radius 1 is 1.02 bits per heavy atom. The predicted octanol–water partition coefficient (Wildman–Crippen LogP) is 7.00. The van der Waals surface area contributed by atoms with Crippen molar-refractivity contribution in [1.29, 1.82) is 0 Å². The highest BCUT2D eigenvalue weighted by atomic mass is 35.5. The number of hydrogen-bond donors (Lipinski definition) is 3. The second-order valence-corrected chi connectivity index (χ2v) is 12.8. The Hall–Kier alpha value is -1.23. The lowest BCUT2D eigenvalue weighted by Gasteiger charge is -2.32. The maximum Gasteiger partial charge on any atom is 0.230 e. The van der Waals surface area contributed by atoms with Gasteiger partial charge in [-0.25, -0.2) is 4.98 Å². The first kappa shape index (κ1) is 33.3. The van der Waals surface area contributed by atoms with Crippen molar-refractivity contribution in [3.05, 3.63) is 63.5 Å². The van der Waals surface area contributed by atoms with E-state index in [2.05, 4.69) is 50.5 Å². The van der Waals surface area contributed by atoms with Gasteiger partial charge in [0.25, 0.3) is 0 Å². The van der Waals surface area contributed by atoms with Gasteiger partial charge >= 0.3 is 0 Å². The third kappa shape index (κ3) is 9.66. The third-order valence-electron chi connectivity index (χ3n) is 7.02. The summed E-state index contributed by atoms with van der Waals surface area (Å²) < 4.78 is 0.920. The molecule has 1 amide bonds. The Kier molecular flexibility index (Phi) is 13.7. The Balaban J connectivity index is 0.00000220. The summed E-state index contributed by atoms with van der Waals surface area (Å²) in [6.07, 6.45) is 4.17. The van der Waals surface area contributed by atoms with Crippen LogP contribution in [0.2, 0.25) is 10.0 Å². The molecule has 6 nitrogen and oxygen atoms in total. The number of halogens is 4. The highest BCUT2D eigenvalue weighted by Crippen LogP contribution is 2.30. The Morgan fingerprint density at radius 3 is 2.55 bits per heavy atom. The number of piperidine rings is 2. The number of carbonyl (C=O) groups excluding carboxylic acids is 1. The summed E-state index contributed by atoms with van der Waals surface area (Å²) >= 11 is 15.3. The Labute approximate surface area is 267 Å². The lowest BCUT2D eigenvalue weighted by atomic mass is 10.0. The quantitative estimate of drug-likeness (QED) is 0.215. The first-order valence-electron chi connectivity index (χ1n) is 13.1. The van der Waals surface area contributed by atoms with Crippen molar-refractivity contribution >= 4 is 82.7 Å². The smallest absolute Gasteiger partial charge is 0.230 e. The molecule has 5 rings (SSSR count). The van der Waals surface area contributed by atoms with E-state index in [1.54, 1.807) is 11.3 Å². The zero-order valence-corrected chi connectivity index (χ0v) is 26.8. The molecule has 218 valence electrons. The highest BCUT2D eigenvalue weighted by Gasteiger charge is 2.21. The minimum Gasteiger partial charge on any atom is -0.382 e. The molecule has 12 heteroatoms. The fraction of sp³-hybridized carbons (Fsp3) is 0.429. The molecule has 0 aliphatic carbocycles. The molecule has 3 N–H and O–H groups in total. The second-order valence-electron chi connectivity index (χ2n) is 9.90. The van der Waals surface area contributed by atoms with Gasteiger partial charge in [0.15, 0.2) is 4.34 Å². The zero-order chi connectivity index (χ0) is 26.3. The van der Waals surface area contributed by atoms with Gasteiger partial charge in [-0.1, -0.05) is 53.2 Å². The minimum atomic E-state index is 0. The molecule has 2 aliphatic heterocycles. The highest BCUT2D eigenvalue weighted by molar-refractivity contribution is 8.01. The van der Waals surface area contributed by atoms with E-state index in [1.165, 1.54) is 11.8 Å². The fourth-order valence-corrected chi connectivity index (χ4v) is 6.92. The van der Waals surface area contributed by atoms with Crippen LogP contribution in [0.15, 0.2) is 52.2 Å². The number of hydrogen-bond acceptors (Lipinski definition) is 7. The molecule has 0 bridgehead atoms. The normalized spacial score (nSPS) is 16.6. The summed E-state index contributed by atoms with van der Waals surface area (Å²) in [5.74, 6) is 0.455. The molecule has 40 heavy (non-hydrogen) atoms. The summed E-state index contributed by atoms with van der Waals surface area (Å²) in [6, 6.07) is 15.0. The van der Waals surface area contributed by atoms with E-state index in [-0.39, 0.29) is 36.8 Å². The van der Waals surface area contributed by atoms with Gasteiger partial charge in [-0.15, -0.1) is 36.2 Å². The van der Waals surface area contributed by atoms with Crippen molar-refractivity contribution in [2.75, 3.05) is 37.2 Å². The third-order valence-corrected chi connectivity index (χ3v) is 9.78. The first-order valence-corrected chi connectivity index (χ1v) is 15.8. The molecule has 3 aromatic rings. The number of thioether (sulfide) groups is 1. The number of nitrogens with zero attached hydrogens (tertiary/aromatic N) is 2. The molecule has 2 fully saturated rings. The Bertz CT molecular complexity index is 1230. The fourth-order valence-electron chi connectivity index (χ4n) is 4.95. The average Bonchev–Trinajstić information content (AvgIpc) is 3.41. The largest absolute Gasteiger partial charge is 0.382 e. The zero-order valence-electron chi connectivity index (χ0n) is 22.0. The minimum absolute atomic E-state index is 0. The van der Waals surface area contributed by atoms with Crippen LogP contribution in [0.5, 0.6) is 0 Å². The van der Waals surface area contributed by atoms with Crippen LogP contribution in [0.3, 0.4) is 0 Å². The van der Waals surface area contributed by atoms with Crippen LogP contribution in [-0.2, 0) is 11.3 Å². The van der Waals surface area contributed by atoms with Gasteiger partial charge in [0.2, 0.25) is 5.91 Å². The van der Waals surface area contributed by atoms with E-state index in [4.69, 9.17) is 28.2 Å². The lowest BCUT2D eigenvalue weighted by Crippen LogP contribution is -2.44. The van der Waals surface area contributed by atoms with Crippen molar-refractivity contribution in [2.45, 2.75) is 48.7 Å². The number of thiazole rings is 1. The molecular formula is C28H35Cl4N5OS2. The van der Waals surface area contributed by atoms with Crippen LogP contribution in [0.4, 0.5) is 5.69 Å². The predicted molar refractivity (Wildman–Crippen MR) is 175 cm³/mol. The van der Waals surface area contributed by atoms with Crippen LogP contribution >= 0.6 is 71.1 Å². The number of anilines is 1. The molecule has 0 atom stereocenters. The van der Waals surface area contributed by atoms with E-state index in [0.717, 1.165) is 85.3 Å². The molecule has 2 saturated heterocycles. The molecule has 1 aromatic heterocycles. The van der Waals surface area contributed by atoms with Gasteiger partial charge < -0.3 is 16.0 Å².